The van der Waals surface area contributed by atoms with Gasteiger partial charge in [-0.05, 0) is 31.6 Å². The minimum atomic E-state index is 0.576. The van der Waals surface area contributed by atoms with Crippen molar-refractivity contribution in [2.75, 3.05) is 19.7 Å². The van der Waals surface area contributed by atoms with E-state index >= 15 is 0 Å². The molecule has 0 atom stereocenters. The third-order valence-electron chi connectivity index (χ3n) is 4.23. The lowest BCUT2D eigenvalue weighted by atomic mass is 9.92. The van der Waals surface area contributed by atoms with Crippen LogP contribution in [0.3, 0.4) is 0 Å². The fraction of sp³-hybridized carbons (Fsp3) is 1.00. The Morgan fingerprint density at radius 3 is 2.33 bits per heavy atom. The molecule has 0 amide bonds. The van der Waals surface area contributed by atoms with E-state index in [1.54, 1.807) is 0 Å². The molecule has 2 heteroatoms. The summed E-state index contributed by atoms with van der Waals surface area (Å²) in [7, 11) is 0. The van der Waals surface area contributed by atoms with Crippen LogP contribution in [0.5, 0.6) is 0 Å². The maximum atomic E-state index is 5.88. The van der Waals surface area contributed by atoms with Gasteiger partial charge in [0.25, 0.3) is 0 Å². The zero-order valence-electron chi connectivity index (χ0n) is 9.66. The summed E-state index contributed by atoms with van der Waals surface area (Å²) in [6.07, 6.45) is 10.7. The Balaban J connectivity index is 1.33. The van der Waals surface area contributed by atoms with Crippen LogP contribution in [0.25, 0.3) is 0 Å². The molecule has 1 aliphatic heterocycles. The fourth-order valence-electron chi connectivity index (χ4n) is 2.88. The number of hydrogen-bond donors (Lipinski definition) is 0. The van der Waals surface area contributed by atoms with Crippen LogP contribution in [-0.4, -0.2) is 36.7 Å². The highest BCUT2D eigenvalue weighted by Gasteiger charge is 2.34. The quantitative estimate of drug-likeness (QED) is 0.705. The molecule has 3 fully saturated rings. The van der Waals surface area contributed by atoms with Crippen molar-refractivity contribution in [1.82, 2.24) is 4.90 Å². The molecule has 15 heavy (non-hydrogen) atoms. The van der Waals surface area contributed by atoms with Gasteiger partial charge in [-0.3, -0.25) is 4.90 Å². The first-order valence-corrected chi connectivity index (χ1v) is 6.77. The van der Waals surface area contributed by atoms with Crippen molar-refractivity contribution >= 4 is 0 Å². The summed E-state index contributed by atoms with van der Waals surface area (Å²) in [5.74, 6) is 0.925. The van der Waals surface area contributed by atoms with Crippen LogP contribution >= 0.6 is 0 Å². The molecule has 0 radical (unpaired) electrons. The predicted octanol–water partition coefficient (Wildman–Crippen LogP) is 2.43. The predicted molar refractivity (Wildman–Crippen MR) is 60.9 cm³/mol. The number of hydrogen-bond acceptors (Lipinski definition) is 2. The lowest BCUT2D eigenvalue weighted by Crippen LogP contribution is -2.56. The van der Waals surface area contributed by atoms with E-state index in [1.165, 1.54) is 58.0 Å². The average Bonchev–Trinajstić information content (AvgIpc) is 3.01. The first kappa shape index (κ1) is 10.1. The molecule has 0 N–H and O–H groups in total. The van der Waals surface area contributed by atoms with Gasteiger partial charge in [0.2, 0.25) is 0 Å². The standard InChI is InChI=1S/C13H23NO/c1-2-4-12(5-3-1)14-8-13(9-14)15-10-11-6-7-11/h11-13H,1-10H2. The molecular formula is C13H23NO. The van der Waals surface area contributed by atoms with E-state index in [9.17, 15) is 0 Å². The molecule has 0 unspecified atom stereocenters. The largest absolute Gasteiger partial charge is 0.375 e. The summed E-state index contributed by atoms with van der Waals surface area (Å²) in [5, 5.41) is 0. The van der Waals surface area contributed by atoms with Gasteiger partial charge in [-0.2, -0.15) is 0 Å². The summed E-state index contributed by atoms with van der Waals surface area (Å²) < 4.78 is 5.88. The number of ether oxygens (including phenoxy) is 1. The molecule has 2 aliphatic carbocycles. The second-order valence-electron chi connectivity index (χ2n) is 5.64. The molecular weight excluding hydrogens is 186 g/mol. The Kier molecular flexibility index (Phi) is 2.98. The van der Waals surface area contributed by atoms with Gasteiger partial charge in [0.05, 0.1) is 6.10 Å². The summed E-state index contributed by atoms with van der Waals surface area (Å²) >= 11 is 0. The maximum Gasteiger partial charge on any atom is 0.0828 e. The normalized spacial score (nSPS) is 30.4. The van der Waals surface area contributed by atoms with E-state index in [2.05, 4.69) is 4.90 Å². The summed E-state index contributed by atoms with van der Waals surface area (Å²) in [6.45, 7) is 3.48. The lowest BCUT2D eigenvalue weighted by Gasteiger charge is -2.45. The van der Waals surface area contributed by atoms with Crippen LogP contribution < -0.4 is 0 Å². The minimum absolute atomic E-state index is 0.576. The molecule has 0 aromatic rings. The number of nitrogens with zero attached hydrogens (tertiary/aromatic N) is 1. The Morgan fingerprint density at radius 2 is 1.67 bits per heavy atom. The van der Waals surface area contributed by atoms with Crippen LogP contribution in [0.15, 0.2) is 0 Å². The van der Waals surface area contributed by atoms with Crippen LogP contribution in [-0.2, 0) is 4.74 Å². The molecule has 1 saturated heterocycles. The summed E-state index contributed by atoms with van der Waals surface area (Å²) in [6, 6.07) is 0.902. The van der Waals surface area contributed by atoms with Gasteiger partial charge in [-0.25, -0.2) is 0 Å². The van der Waals surface area contributed by atoms with Gasteiger partial charge < -0.3 is 4.74 Å². The summed E-state index contributed by atoms with van der Waals surface area (Å²) in [5.41, 5.74) is 0. The van der Waals surface area contributed by atoms with Crippen molar-refractivity contribution in [2.45, 2.75) is 57.1 Å². The lowest BCUT2D eigenvalue weighted by molar-refractivity contribution is -0.0798. The minimum Gasteiger partial charge on any atom is -0.375 e. The van der Waals surface area contributed by atoms with Gasteiger partial charge in [-0.15, -0.1) is 0 Å². The molecule has 2 nitrogen and oxygen atoms in total. The Hall–Kier alpha value is -0.0800. The van der Waals surface area contributed by atoms with Gasteiger partial charge in [0.15, 0.2) is 0 Å². The van der Waals surface area contributed by atoms with E-state index in [0.29, 0.717) is 6.10 Å². The highest BCUT2D eigenvalue weighted by atomic mass is 16.5. The van der Waals surface area contributed by atoms with Crippen molar-refractivity contribution < 1.29 is 4.74 Å². The Morgan fingerprint density at radius 1 is 0.933 bits per heavy atom. The van der Waals surface area contributed by atoms with Crippen LogP contribution in [0.1, 0.15) is 44.9 Å². The van der Waals surface area contributed by atoms with Crippen molar-refractivity contribution in [1.29, 1.82) is 0 Å². The molecule has 3 aliphatic rings. The van der Waals surface area contributed by atoms with Crippen molar-refractivity contribution in [3.05, 3.63) is 0 Å². The Labute approximate surface area is 93.0 Å². The number of likely N-dealkylation sites (tertiary alicyclic amines) is 1. The average molecular weight is 209 g/mol. The summed E-state index contributed by atoms with van der Waals surface area (Å²) in [4.78, 5) is 2.65. The van der Waals surface area contributed by atoms with Crippen LogP contribution in [0, 0.1) is 5.92 Å². The van der Waals surface area contributed by atoms with E-state index < -0.39 is 0 Å². The zero-order valence-corrected chi connectivity index (χ0v) is 9.66. The van der Waals surface area contributed by atoms with E-state index in [-0.39, 0.29) is 0 Å². The second-order valence-corrected chi connectivity index (χ2v) is 5.64. The van der Waals surface area contributed by atoms with Gasteiger partial charge in [0.1, 0.15) is 0 Å². The first-order valence-electron chi connectivity index (χ1n) is 6.77. The highest BCUT2D eigenvalue weighted by Crippen LogP contribution is 2.31. The zero-order chi connectivity index (χ0) is 10.1. The Bertz CT molecular complexity index is 203. The molecule has 86 valence electrons. The molecule has 3 rings (SSSR count). The maximum absolute atomic E-state index is 5.88. The van der Waals surface area contributed by atoms with Crippen molar-refractivity contribution in [2.24, 2.45) is 5.92 Å². The molecule has 2 saturated carbocycles. The van der Waals surface area contributed by atoms with Gasteiger partial charge in [0, 0.05) is 25.7 Å². The van der Waals surface area contributed by atoms with E-state index in [0.717, 1.165) is 18.6 Å². The van der Waals surface area contributed by atoms with Crippen LogP contribution in [0.2, 0.25) is 0 Å². The topological polar surface area (TPSA) is 12.5 Å². The van der Waals surface area contributed by atoms with Crippen molar-refractivity contribution in [3.63, 3.8) is 0 Å². The molecule has 0 aromatic carbocycles. The molecule has 0 spiro atoms. The molecule has 0 aromatic heterocycles. The molecule has 1 heterocycles. The smallest absolute Gasteiger partial charge is 0.0828 e. The SMILES string of the molecule is C1CCC(N2CC(OCC3CC3)C2)CC1. The third kappa shape index (κ3) is 2.54. The highest BCUT2D eigenvalue weighted by molar-refractivity contribution is 4.88. The monoisotopic (exact) mass is 209 g/mol. The van der Waals surface area contributed by atoms with Gasteiger partial charge in [-0.1, -0.05) is 19.3 Å². The second kappa shape index (κ2) is 4.42. The molecule has 0 bridgehead atoms. The van der Waals surface area contributed by atoms with Crippen LogP contribution in [0.4, 0.5) is 0 Å². The van der Waals surface area contributed by atoms with Crippen molar-refractivity contribution in [3.8, 4) is 0 Å². The third-order valence-corrected chi connectivity index (χ3v) is 4.23. The fourth-order valence-corrected chi connectivity index (χ4v) is 2.88. The first-order chi connectivity index (χ1) is 7.42. The van der Waals surface area contributed by atoms with E-state index in [1.807, 2.05) is 0 Å². The van der Waals surface area contributed by atoms with Gasteiger partial charge >= 0.3 is 0 Å². The van der Waals surface area contributed by atoms with E-state index in [4.69, 9.17) is 4.74 Å². The number of rotatable bonds is 4.